The molecule has 35 heavy (non-hydrogen) atoms. The number of amides is 1. The zero-order valence-corrected chi connectivity index (χ0v) is 21.6. The van der Waals surface area contributed by atoms with Crippen LogP contribution in [0.2, 0.25) is 0 Å². The maximum Gasteiger partial charge on any atom is 0.267 e. The van der Waals surface area contributed by atoms with Crippen LogP contribution in [0.4, 0.5) is 5.69 Å². The van der Waals surface area contributed by atoms with Crippen LogP contribution in [0, 0.1) is 13.8 Å². The Hall–Kier alpha value is -3.30. The molecule has 1 N–H and O–H groups in total. The summed E-state index contributed by atoms with van der Waals surface area (Å²) in [5, 5.41) is 7.32. The summed E-state index contributed by atoms with van der Waals surface area (Å²) in [5.41, 5.74) is 2.80. The van der Waals surface area contributed by atoms with Gasteiger partial charge in [-0.15, -0.1) is 0 Å². The normalized spacial score (nSPS) is 12.5. The van der Waals surface area contributed by atoms with Crippen molar-refractivity contribution in [2.45, 2.75) is 52.0 Å². The molecule has 8 nitrogen and oxygen atoms in total. The van der Waals surface area contributed by atoms with Crippen molar-refractivity contribution in [3.05, 3.63) is 76.1 Å². The van der Waals surface area contributed by atoms with Gasteiger partial charge in [0, 0.05) is 30.4 Å². The lowest BCUT2D eigenvalue weighted by Crippen LogP contribution is -2.34. The second kappa shape index (κ2) is 11.0. The summed E-state index contributed by atoms with van der Waals surface area (Å²) < 4.78 is 28.9. The Balaban J connectivity index is 2.01. The first-order valence-electron chi connectivity index (χ1n) is 11.7. The van der Waals surface area contributed by atoms with Gasteiger partial charge in [0.15, 0.2) is 0 Å². The van der Waals surface area contributed by atoms with Gasteiger partial charge in [-0.3, -0.25) is 9.59 Å². The molecule has 1 atom stereocenters. The summed E-state index contributed by atoms with van der Waals surface area (Å²) in [4.78, 5) is 25.9. The van der Waals surface area contributed by atoms with Gasteiger partial charge < -0.3 is 5.32 Å². The number of hydrogen-bond donors (Lipinski definition) is 1. The molecular formula is C26H32N4O4S. The first kappa shape index (κ1) is 26.3. The van der Waals surface area contributed by atoms with E-state index in [2.05, 4.69) is 10.4 Å². The van der Waals surface area contributed by atoms with E-state index >= 15 is 0 Å². The minimum Gasteiger partial charge on any atom is -0.324 e. The number of sulfonamides is 1. The van der Waals surface area contributed by atoms with Crippen molar-refractivity contribution in [2.75, 3.05) is 18.4 Å². The molecule has 186 valence electrons. The Morgan fingerprint density at radius 3 is 2.37 bits per heavy atom. The molecule has 3 aromatic rings. The summed E-state index contributed by atoms with van der Waals surface area (Å²) in [6, 6.07) is 14.5. The van der Waals surface area contributed by atoms with E-state index in [-0.39, 0.29) is 10.8 Å². The van der Waals surface area contributed by atoms with Crippen molar-refractivity contribution in [3.63, 3.8) is 0 Å². The molecule has 0 aliphatic heterocycles. The quantitative estimate of drug-likeness (QED) is 0.480. The number of hydrogen-bond acceptors (Lipinski definition) is 5. The standard InChI is InChI=1S/C26H32N4O4S/c1-6-23(26(32)27-21-11-9-10-18(4)16-21)30-25(31)15-14-22(28-30)20-13-12-19(5)24(17-20)35(33,34)29(7-2)8-3/h9-17,23H,6-8H2,1-5H3,(H,27,32). The monoisotopic (exact) mass is 496 g/mol. The molecule has 1 unspecified atom stereocenters. The fraction of sp³-hybridized carbons (Fsp3) is 0.346. The molecule has 0 radical (unpaired) electrons. The van der Waals surface area contributed by atoms with Crippen LogP contribution in [0.3, 0.4) is 0 Å². The summed E-state index contributed by atoms with van der Waals surface area (Å²) in [5.74, 6) is -0.349. The largest absolute Gasteiger partial charge is 0.324 e. The minimum absolute atomic E-state index is 0.197. The van der Waals surface area contributed by atoms with Crippen LogP contribution < -0.4 is 10.9 Å². The highest BCUT2D eigenvalue weighted by molar-refractivity contribution is 7.89. The van der Waals surface area contributed by atoms with Gasteiger partial charge in [-0.25, -0.2) is 13.1 Å². The number of nitrogens with zero attached hydrogens (tertiary/aromatic N) is 3. The molecule has 0 spiro atoms. The molecule has 0 saturated carbocycles. The highest BCUT2D eigenvalue weighted by Crippen LogP contribution is 2.26. The first-order chi connectivity index (χ1) is 16.6. The van der Waals surface area contributed by atoms with E-state index < -0.39 is 21.6 Å². The second-order valence-corrected chi connectivity index (χ2v) is 10.3. The number of aromatic nitrogens is 2. The molecular weight excluding hydrogens is 464 g/mol. The average molecular weight is 497 g/mol. The van der Waals surface area contributed by atoms with E-state index in [4.69, 9.17) is 0 Å². The van der Waals surface area contributed by atoms with Crippen LogP contribution in [0.15, 0.2) is 64.3 Å². The molecule has 2 aromatic carbocycles. The SMILES string of the molecule is CCC(C(=O)Nc1cccc(C)c1)n1nc(-c2ccc(C)c(S(=O)(=O)N(CC)CC)c2)ccc1=O. The lowest BCUT2D eigenvalue weighted by molar-refractivity contribution is -0.119. The third-order valence-electron chi connectivity index (χ3n) is 5.90. The van der Waals surface area contributed by atoms with Gasteiger partial charge in [0.1, 0.15) is 6.04 Å². The van der Waals surface area contributed by atoms with Crippen molar-refractivity contribution in [2.24, 2.45) is 0 Å². The molecule has 0 fully saturated rings. The predicted octanol–water partition coefficient (Wildman–Crippen LogP) is 4.15. The van der Waals surface area contributed by atoms with Crippen molar-refractivity contribution in [1.29, 1.82) is 0 Å². The van der Waals surface area contributed by atoms with Gasteiger partial charge in [0.2, 0.25) is 15.9 Å². The predicted molar refractivity (Wildman–Crippen MR) is 138 cm³/mol. The molecule has 0 aliphatic carbocycles. The van der Waals surface area contributed by atoms with Gasteiger partial charge in [0.25, 0.3) is 5.56 Å². The van der Waals surface area contributed by atoms with E-state index in [1.54, 1.807) is 51.1 Å². The summed E-state index contributed by atoms with van der Waals surface area (Å²) in [7, 11) is -3.68. The third-order valence-corrected chi connectivity index (χ3v) is 8.09. The Morgan fingerprint density at radius 1 is 1.03 bits per heavy atom. The van der Waals surface area contributed by atoms with E-state index in [9.17, 15) is 18.0 Å². The maximum absolute atomic E-state index is 13.2. The topological polar surface area (TPSA) is 101 Å². The fourth-order valence-corrected chi connectivity index (χ4v) is 5.67. The molecule has 1 heterocycles. The average Bonchev–Trinajstić information content (AvgIpc) is 2.81. The van der Waals surface area contributed by atoms with Crippen molar-refractivity contribution in [1.82, 2.24) is 14.1 Å². The van der Waals surface area contributed by atoms with Gasteiger partial charge in [-0.1, -0.05) is 45.0 Å². The second-order valence-electron chi connectivity index (χ2n) is 8.35. The van der Waals surface area contributed by atoms with E-state index in [0.29, 0.717) is 42.0 Å². The Bertz CT molecular complexity index is 1380. The number of carbonyl (C=O) groups is 1. The van der Waals surface area contributed by atoms with E-state index in [1.807, 2.05) is 32.0 Å². The molecule has 9 heteroatoms. The Labute approximate surface area is 206 Å². The molecule has 1 amide bonds. The minimum atomic E-state index is -3.68. The molecule has 0 saturated heterocycles. The highest BCUT2D eigenvalue weighted by Gasteiger charge is 2.25. The fourth-order valence-electron chi connectivity index (χ4n) is 3.96. The van der Waals surface area contributed by atoms with Crippen LogP contribution >= 0.6 is 0 Å². The summed E-state index contributed by atoms with van der Waals surface area (Å²) >= 11 is 0. The number of anilines is 1. The number of rotatable bonds is 9. The van der Waals surface area contributed by atoms with Crippen molar-refractivity contribution in [3.8, 4) is 11.3 Å². The number of aryl methyl sites for hydroxylation is 2. The van der Waals surface area contributed by atoms with Gasteiger partial charge >= 0.3 is 0 Å². The zero-order chi connectivity index (χ0) is 25.8. The zero-order valence-electron chi connectivity index (χ0n) is 20.8. The van der Waals surface area contributed by atoms with Crippen LogP contribution in [0.1, 0.15) is 44.4 Å². The summed E-state index contributed by atoms with van der Waals surface area (Å²) in [6.07, 6.45) is 0.351. The van der Waals surface area contributed by atoms with Gasteiger partial charge in [-0.05, 0) is 55.7 Å². The van der Waals surface area contributed by atoms with Crippen LogP contribution in [-0.2, 0) is 14.8 Å². The van der Waals surface area contributed by atoms with Crippen molar-refractivity contribution >= 4 is 21.6 Å². The number of benzene rings is 2. The Morgan fingerprint density at radius 2 is 1.74 bits per heavy atom. The van der Waals surface area contributed by atoms with E-state index in [0.717, 1.165) is 5.56 Å². The van der Waals surface area contributed by atoms with Crippen LogP contribution in [0.5, 0.6) is 0 Å². The lowest BCUT2D eigenvalue weighted by atomic mass is 10.1. The molecule has 0 bridgehead atoms. The van der Waals surface area contributed by atoms with E-state index in [1.165, 1.54) is 15.1 Å². The number of nitrogens with one attached hydrogen (secondary N) is 1. The summed E-state index contributed by atoms with van der Waals surface area (Å²) in [6.45, 7) is 9.80. The van der Waals surface area contributed by atoms with Gasteiger partial charge in [-0.2, -0.15) is 9.40 Å². The molecule has 1 aromatic heterocycles. The maximum atomic E-state index is 13.2. The molecule has 0 aliphatic rings. The van der Waals surface area contributed by atoms with Crippen molar-refractivity contribution < 1.29 is 13.2 Å². The first-order valence-corrected chi connectivity index (χ1v) is 13.1. The van der Waals surface area contributed by atoms with Gasteiger partial charge in [0.05, 0.1) is 10.6 Å². The smallest absolute Gasteiger partial charge is 0.267 e. The third kappa shape index (κ3) is 5.68. The number of carbonyl (C=O) groups excluding carboxylic acids is 1. The Kier molecular flexibility index (Phi) is 8.24. The van der Waals surface area contributed by atoms with Crippen LogP contribution in [0.25, 0.3) is 11.3 Å². The highest BCUT2D eigenvalue weighted by atomic mass is 32.2. The van der Waals surface area contributed by atoms with Crippen LogP contribution in [-0.4, -0.2) is 41.5 Å². The lowest BCUT2D eigenvalue weighted by Gasteiger charge is -2.20. The molecule has 3 rings (SSSR count).